The summed E-state index contributed by atoms with van der Waals surface area (Å²) in [6, 6.07) is 0. The molecule has 0 atom stereocenters. The zero-order valence-electron chi connectivity index (χ0n) is 20.2. The molecule has 0 rings (SSSR count). The van der Waals surface area contributed by atoms with Crippen LogP contribution in [-0.4, -0.2) is 35.2 Å². The number of amides is 1. The Hall–Kier alpha value is -0.220. The van der Waals surface area contributed by atoms with Gasteiger partial charge in [0.25, 0.3) is 0 Å². The maximum absolute atomic E-state index is 12.2. The second kappa shape index (κ2) is 14.7. The monoisotopic (exact) mass is 415 g/mol. The lowest BCUT2D eigenvalue weighted by atomic mass is 9.90. The summed E-state index contributed by atoms with van der Waals surface area (Å²) in [7, 11) is 0. The van der Waals surface area contributed by atoms with Crippen LogP contribution in [0.3, 0.4) is 0 Å². The molecule has 0 aromatic heterocycles. The van der Waals surface area contributed by atoms with Crippen LogP contribution < -0.4 is 5.32 Å². The highest BCUT2D eigenvalue weighted by molar-refractivity contribution is 8.00. The Bertz CT molecular complexity index is 401. The average Bonchev–Trinajstić information content (AvgIpc) is 2.67. The van der Waals surface area contributed by atoms with Crippen molar-refractivity contribution in [1.82, 2.24) is 5.32 Å². The lowest BCUT2D eigenvalue weighted by molar-refractivity contribution is -0.124. The van der Waals surface area contributed by atoms with Gasteiger partial charge in [-0.05, 0) is 62.5 Å². The minimum atomic E-state index is -0.161. The largest absolute Gasteiger partial charge is 0.375 e. The van der Waals surface area contributed by atoms with E-state index in [2.05, 4.69) is 72.5 Å². The van der Waals surface area contributed by atoms with E-state index >= 15 is 0 Å². The summed E-state index contributed by atoms with van der Waals surface area (Å²) in [5.74, 6) is 2.73. The van der Waals surface area contributed by atoms with E-state index in [1.165, 1.54) is 18.6 Å². The summed E-state index contributed by atoms with van der Waals surface area (Å²) in [6.45, 7) is 19.6. The van der Waals surface area contributed by atoms with Gasteiger partial charge in [-0.1, -0.05) is 55.4 Å². The summed E-state index contributed by atoms with van der Waals surface area (Å²) in [6.07, 6.45) is 7.83. The van der Waals surface area contributed by atoms with Crippen molar-refractivity contribution in [3.63, 3.8) is 0 Å². The van der Waals surface area contributed by atoms with Crippen LogP contribution in [0, 0.1) is 11.8 Å². The van der Waals surface area contributed by atoms with Crippen molar-refractivity contribution in [2.75, 3.05) is 18.9 Å². The highest BCUT2D eigenvalue weighted by atomic mass is 32.2. The van der Waals surface area contributed by atoms with Gasteiger partial charge < -0.3 is 10.1 Å². The summed E-state index contributed by atoms with van der Waals surface area (Å²) in [5.41, 5.74) is -0.161. The number of rotatable bonds is 17. The van der Waals surface area contributed by atoms with Crippen LogP contribution in [-0.2, 0) is 9.53 Å². The van der Waals surface area contributed by atoms with Gasteiger partial charge in [-0.25, -0.2) is 0 Å². The number of carbonyl (C=O) groups is 1. The Morgan fingerprint density at radius 3 is 2.00 bits per heavy atom. The standard InChI is InChI=1S/C24H49NO2S/c1-9-23(10-2,15-13-22(26)25-17-14-20(5)6)27-18-16-24(11-3,12-4)28-19-21(7)8/h20-21H,9-19H2,1-8H3,(H,25,26). The molecular weight excluding hydrogens is 366 g/mol. The van der Waals surface area contributed by atoms with Gasteiger partial charge in [0.15, 0.2) is 0 Å². The van der Waals surface area contributed by atoms with E-state index in [1.807, 2.05) is 0 Å². The van der Waals surface area contributed by atoms with Crippen LogP contribution in [0.2, 0.25) is 0 Å². The van der Waals surface area contributed by atoms with Crippen molar-refractivity contribution in [2.45, 2.75) is 117 Å². The first-order chi connectivity index (χ1) is 13.2. The summed E-state index contributed by atoms with van der Waals surface area (Å²) >= 11 is 2.13. The zero-order chi connectivity index (χ0) is 21.6. The molecule has 0 aliphatic rings. The van der Waals surface area contributed by atoms with Crippen LogP contribution in [0.4, 0.5) is 0 Å². The van der Waals surface area contributed by atoms with E-state index in [0.29, 0.717) is 17.1 Å². The molecule has 1 amide bonds. The predicted molar refractivity (Wildman–Crippen MR) is 126 cm³/mol. The Kier molecular flexibility index (Phi) is 14.6. The van der Waals surface area contributed by atoms with E-state index in [9.17, 15) is 4.79 Å². The molecule has 3 nitrogen and oxygen atoms in total. The number of thioether (sulfide) groups is 1. The normalized spacial score (nSPS) is 12.8. The van der Waals surface area contributed by atoms with E-state index in [1.54, 1.807) is 0 Å². The summed E-state index contributed by atoms with van der Waals surface area (Å²) in [4.78, 5) is 12.2. The SMILES string of the molecule is CCC(CC)(CCC(=O)NCCC(C)C)OCCC(CC)(CC)SCC(C)C. The first-order valence-electron chi connectivity index (χ1n) is 11.7. The molecule has 0 aliphatic carbocycles. The molecular formula is C24H49NO2S. The Balaban J connectivity index is 4.62. The topological polar surface area (TPSA) is 38.3 Å². The van der Waals surface area contributed by atoms with Crippen LogP contribution in [0.1, 0.15) is 107 Å². The third-order valence-electron chi connectivity index (χ3n) is 6.12. The molecule has 0 unspecified atom stereocenters. The lowest BCUT2D eigenvalue weighted by Gasteiger charge is -2.36. The molecule has 0 radical (unpaired) electrons. The highest BCUT2D eigenvalue weighted by Crippen LogP contribution is 2.38. The minimum Gasteiger partial charge on any atom is -0.375 e. The third kappa shape index (κ3) is 11.1. The van der Waals surface area contributed by atoms with Crippen molar-refractivity contribution in [2.24, 2.45) is 11.8 Å². The summed E-state index contributed by atoms with van der Waals surface area (Å²) in [5, 5.41) is 3.06. The van der Waals surface area contributed by atoms with E-state index in [0.717, 1.165) is 51.2 Å². The van der Waals surface area contributed by atoms with Gasteiger partial charge in [-0.3, -0.25) is 4.79 Å². The van der Waals surface area contributed by atoms with E-state index in [4.69, 9.17) is 4.74 Å². The maximum Gasteiger partial charge on any atom is 0.220 e. The molecule has 168 valence electrons. The fourth-order valence-electron chi connectivity index (χ4n) is 3.49. The predicted octanol–water partition coefficient (Wildman–Crippen LogP) is 6.84. The van der Waals surface area contributed by atoms with Crippen LogP contribution >= 0.6 is 11.8 Å². The number of hydrogen-bond acceptors (Lipinski definition) is 3. The molecule has 0 heterocycles. The number of carbonyl (C=O) groups excluding carboxylic acids is 1. The smallest absolute Gasteiger partial charge is 0.220 e. The Morgan fingerprint density at radius 1 is 0.929 bits per heavy atom. The van der Waals surface area contributed by atoms with Gasteiger partial charge in [0, 0.05) is 24.3 Å². The molecule has 0 aliphatic heterocycles. The van der Waals surface area contributed by atoms with Crippen LogP contribution in [0.15, 0.2) is 0 Å². The number of nitrogens with one attached hydrogen (secondary N) is 1. The summed E-state index contributed by atoms with van der Waals surface area (Å²) < 4.78 is 6.82. The maximum atomic E-state index is 12.2. The number of ether oxygens (including phenoxy) is 1. The Labute approximate surface area is 180 Å². The second-order valence-corrected chi connectivity index (χ2v) is 10.6. The lowest BCUT2D eigenvalue weighted by Crippen LogP contribution is -2.36. The zero-order valence-corrected chi connectivity index (χ0v) is 21.0. The van der Waals surface area contributed by atoms with Gasteiger partial charge in [-0.2, -0.15) is 11.8 Å². The first kappa shape index (κ1) is 27.8. The van der Waals surface area contributed by atoms with Crippen molar-refractivity contribution >= 4 is 17.7 Å². The molecule has 0 bridgehead atoms. The molecule has 0 fully saturated rings. The van der Waals surface area contributed by atoms with Crippen LogP contribution in [0.25, 0.3) is 0 Å². The van der Waals surface area contributed by atoms with Gasteiger partial charge in [-0.15, -0.1) is 0 Å². The number of hydrogen-bond donors (Lipinski definition) is 1. The van der Waals surface area contributed by atoms with Gasteiger partial charge in [0.2, 0.25) is 5.91 Å². The fraction of sp³-hybridized carbons (Fsp3) is 0.958. The molecule has 0 saturated carbocycles. The van der Waals surface area contributed by atoms with Gasteiger partial charge >= 0.3 is 0 Å². The minimum absolute atomic E-state index is 0.161. The molecule has 28 heavy (non-hydrogen) atoms. The molecule has 4 heteroatoms. The van der Waals surface area contributed by atoms with Crippen molar-refractivity contribution in [1.29, 1.82) is 0 Å². The quantitative estimate of drug-likeness (QED) is 0.282. The Morgan fingerprint density at radius 2 is 1.54 bits per heavy atom. The molecule has 0 aromatic carbocycles. The molecule has 0 spiro atoms. The van der Waals surface area contributed by atoms with Gasteiger partial charge in [0.1, 0.15) is 0 Å². The van der Waals surface area contributed by atoms with Crippen molar-refractivity contribution in [3.8, 4) is 0 Å². The molecule has 0 aromatic rings. The molecule has 1 N–H and O–H groups in total. The first-order valence-corrected chi connectivity index (χ1v) is 12.7. The van der Waals surface area contributed by atoms with Gasteiger partial charge in [0.05, 0.1) is 5.60 Å². The van der Waals surface area contributed by atoms with E-state index < -0.39 is 0 Å². The fourth-order valence-corrected chi connectivity index (χ4v) is 4.81. The molecule has 0 saturated heterocycles. The third-order valence-corrected chi connectivity index (χ3v) is 8.34. The average molecular weight is 416 g/mol. The second-order valence-electron chi connectivity index (χ2n) is 9.12. The van der Waals surface area contributed by atoms with Crippen molar-refractivity contribution in [3.05, 3.63) is 0 Å². The van der Waals surface area contributed by atoms with Crippen molar-refractivity contribution < 1.29 is 9.53 Å². The highest BCUT2D eigenvalue weighted by Gasteiger charge is 2.31. The van der Waals surface area contributed by atoms with Crippen LogP contribution in [0.5, 0.6) is 0 Å². The van der Waals surface area contributed by atoms with E-state index in [-0.39, 0.29) is 11.5 Å².